The third kappa shape index (κ3) is 3.32. The first kappa shape index (κ1) is 17.7. The van der Waals surface area contributed by atoms with Gasteiger partial charge >= 0.3 is 0 Å². The van der Waals surface area contributed by atoms with E-state index >= 15 is 0 Å². The van der Waals surface area contributed by atoms with Crippen molar-refractivity contribution in [3.8, 4) is 34.2 Å². The molecule has 0 bridgehead atoms. The highest BCUT2D eigenvalue weighted by molar-refractivity contribution is 7.98. The molecule has 0 saturated heterocycles. The van der Waals surface area contributed by atoms with E-state index in [4.69, 9.17) is 4.74 Å². The van der Waals surface area contributed by atoms with Gasteiger partial charge in [0.1, 0.15) is 11.6 Å². The van der Waals surface area contributed by atoms with Gasteiger partial charge in [0.25, 0.3) is 5.56 Å². The molecule has 1 aromatic heterocycles. The molecule has 0 spiro atoms. The molecule has 1 heterocycles. The predicted octanol–water partition coefficient (Wildman–Crippen LogP) is 3.85. The zero-order chi connectivity index (χ0) is 18.7. The van der Waals surface area contributed by atoms with Crippen molar-refractivity contribution in [1.29, 1.82) is 5.26 Å². The summed E-state index contributed by atoms with van der Waals surface area (Å²) in [6.45, 7) is 0. The molecule has 0 fully saturated rings. The highest BCUT2D eigenvalue weighted by atomic mass is 32.2. The second-order valence-electron chi connectivity index (χ2n) is 5.34. The Morgan fingerprint density at radius 1 is 1.15 bits per heavy atom. The molecular weight excluding hydrogens is 353 g/mol. The van der Waals surface area contributed by atoms with E-state index in [1.165, 1.54) is 24.9 Å². The van der Waals surface area contributed by atoms with Crippen LogP contribution in [0, 0.1) is 17.1 Å². The molecule has 0 saturated carbocycles. The molecule has 1 N–H and O–H groups in total. The number of benzene rings is 2. The van der Waals surface area contributed by atoms with Crippen LogP contribution in [-0.4, -0.2) is 23.3 Å². The number of H-pyrrole nitrogens is 1. The molecule has 0 aliphatic rings. The summed E-state index contributed by atoms with van der Waals surface area (Å²) in [5.74, 6) is -0.261. The maximum atomic E-state index is 13.9. The average Bonchev–Trinajstić information content (AvgIpc) is 2.67. The standard InChI is InChI=1S/C19H14FN3O2S/c1-25-16-8-7-13(9-15(16)20)11-3-5-12(6-4-11)17-14(10-21)18(24)23-19(22-17)26-2/h3-9H,1-2H3,(H,22,23,24). The number of methoxy groups -OCH3 is 1. The molecular formula is C19H14FN3O2S. The number of aromatic amines is 1. The SMILES string of the molecule is COc1ccc(-c2ccc(-c3nc(SC)[nH]c(=O)c3C#N)cc2)cc1F. The second-order valence-corrected chi connectivity index (χ2v) is 6.13. The van der Waals surface area contributed by atoms with E-state index in [0.717, 1.165) is 5.56 Å². The fourth-order valence-electron chi connectivity index (χ4n) is 2.53. The molecule has 3 aromatic rings. The summed E-state index contributed by atoms with van der Waals surface area (Å²) in [5.41, 5.74) is 1.95. The van der Waals surface area contributed by atoms with Gasteiger partial charge < -0.3 is 9.72 Å². The van der Waals surface area contributed by atoms with E-state index in [0.29, 0.717) is 22.0 Å². The smallest absolute Gasteiger partial charge is 0.270 e. The number of hydrogen-bond acceptors (Lipinski definition) is 5. The lowest BCUT2D eigenvalue weighted by molar-refractivity contribution is 0.386. The van der Waals surface area contributed by atoms with Crippen LogP contribution in [0.5, 0.6) is 5.75 Å². The maximum Gasteiger partial charge on any atom is 0.270 e. The Morgan fingerprint density at radius 2 is 1.81 bits per heavy atom. The maximum absolute atomic E-state index is 13.9. The van der Waals surface area contributed by atoms with Gasteiger partial charge in [-0.25, -0.2) is 9.37 Å². The molecule has 3 rings (SSSR count). The minimum Gasteiger partial charge on any atom is -0.494 e. The van der Waals surface area contributed by atoms with Gasteiger partial charge in [-0.2, -0.15) is 5.26 Å². The van der Waals surface area contributed by atoms with E-state index < -0.39 is 11.4 Å². The zero-order valence-electron chi connectivity index (χ0n) is 14.0. The van der Waals surface area contributed by atoms with Crippen molar-refractivity contribution < 1.29 is 9.13 Å². The van der Waals surface area contributed by atoms with Crippen LogP contribution in [0.1, 0.15) is 5.56 Å². The molecule has 0 unspecified atom stereocenters. The number of rotatable bonds is 4. The van der Waals surface area contributed by atoms with Crippen molar-refractivity contribution in [2.45, 2.75) is 5.16 Å². The second kappa shape index (κ2) is 7.42. The lowest BCUT2D eigenvalue weighted by Gasteiger charge is -2.08. The molecule has 130 valence electrons. The largest absolute Gasteiger partial charge is 0.494 e. The van der Waals surface area contributed by atoms with Crippen molar-refractivity contribution in [3.05, 3.63) is 64.2 Å². The molecule has 26 heavy (non-hydrogen) atoms. The third-order valence-corrected chi connectivity index (χ3v) is 4.43. The fraction of sp³-hybridized carbons (Fsp3) is 0.105. The molecule has 2 aromatic carbocycles. The first-order chi connectivity index (χ1) is 12.6. The quantitative estimate of drug-likeness (QED) is 0.560. The van der Waals surface area contributed by atoms with Crippen LogP contribution in [-0.2, 0) is 0 Å². The highest BCUT2D eigenvalue weighted by Gasteiger charge is 2.13. The minimum atomic E-state index is -0.469. The summed E-state index contributed by atoms with van der Waals surface area (Å²) < 4.78 is 18.8. The molecule has 0 atom stereocenters. The van der Waals surface area contributed by atoms with Gasteiger partial charge in [-0.3, -0.25) is 4.79 Å². The number of hydrogen-bond donors (Lipinski definition) is 1. The lowest BCUT2D eigenvalue weighted by atomic mass is 10.0. The lowest BCUT2D eigenvalue weighted by Crippen LogP contribution is -2.14. The monoisotopic (exact) mass is 367 g/mol. The Balaban J connectivity index is 2.03. The van der Waals surface area contributed by atoms with Crippen LogP contribution in [0.15, 0.2) is 52.4 Å². The number of aromatic nitrogens is 2. The number of halogens is 1. The van der Waals surface area contributed by atoms with E-state index in [1.54, 1.807) is 42.7 Å². The zero-order valence-corrected chi connectivity index (χ0v) is 14.9. The molecule has 0 aliphatic carbocycles. The van der Waals surface area contributed by atoms with Crippen LogP contribution in [0.25, 0.3) is 22.4 Å². The first-order valence-electron chi connectivity index (χ1n) is 7.60. The highest BCUT2D eigenvalue weighted by Crippen LogP contribution is 2.28. The van der Waals surface area contributed by atoms with Crippen molar-refractivity contribution >= 4 is 11.8 Å². The summed E-state index contributed by atoms with van der Waals surface area (Å²) in [6, 6.07) is 13.7. The van der Waals surface area contributed by atoms with Crippen LogP contribution in [0.2, 0.25) is 0 Å². The van der Waals surface area contributed by atoms with E-state index in [-0.39, 0.29) is 11.3 Å². The number of nitriles is 1. The van der Waals surface area contributed by atoms with Crippen LogP contribution < -0.4 is 10.3 Å². The van der Waals surface area contributed by atoms with Crippen LogP contribution in [0.3, 0.4) is 0 Å². The van der Waals surface area contributed by atoms with Crippen molar-refractivity contribution in [3.63, 3.8) is 0 Å². The molecule has 7 heteroatoms. The Labute approximate surface area is 153 Å². The summed E-state index contributed by atoms with van der Waals surface area (Å²) in [6.07, 6.45) is 1.79. The molecule has 0 radical (unpaired) electrons. The number of nitrogens with one attached hydrogen (secondary N) is 1. The van der Waals surface area contributed by atoms with Gasteiger partial charge in [0.05, 0.1) is 12.8 Å². The van der Waals surface area contributed by atoms with Crippen molar-refractivity contribution in [2.24, 2.45) is 0 Å². The number of thioether (sulfide) groups is 1. The summed E-state index contributed by atoms with van der Waals surface area (Å²) in [4.78, 5) is 18.9. The number of nitrogens with zero attached hydrogens (tertiary/aromatic N) is 2. The summed E-state index contributed by atoms with van der Waals surface area (Å²) in [7, 11) is 1.41. The molecule has 0 amide bonds. The minimum absolute atomic E-state index is 0.0361. The topological polar surface area (TPSA) is 78.8 Å². The Morgan fingerprint density at radius 3 is 2.38 bits per heavy atom. The number of ether oxygens (including phenoxy) is 1. The van der Waals surface area contributed by atoms with Crippen LogP contribution in [0.4, 0.5) is 4.39 Å². The van der Waals surface area contributed by atoms with Gasteiger partial charge in [0, 0.05) is 5.56 Å². The Hall–Kier alpha value is -3.11. The van der Waals surface area contributed by atoms with Gasteiger partial charge in [-0.1, -0.05) is 42.1 Å². The first-order valence-corrected chi connectivity index (χ1v) is 8.82. The van der Waals surface area contributed by atoms with Crippen molar-refractivity contribution in [2.75, 3.05) is 13.4 Å². The van der Waals surface area contributed by atoms with Crippen molar-refractivity contribution in [1.82, 2.24) is 9.97 Å². The van der Waals surface area contributed by atoms with Gasteiger partial charge in [-0.05, 0) is 29.5 Å². The Bertz CT molecular complexity index is 1060. The summed E-state index contributed by atoms with van der Waals surface area (Å²) >= 11 is 1.29. The van der Waals surface area contributed by atoms with E-state index in [2.05, 4.69) is 9.97 Å². The van der Waals surface area contributed by atoms with Gasteiger partial charge in [-0.15, -0.1) is 0 Å². The molecule has 0 aliphatic heterocycles. The normalized spacial score (nSPS) is 10.4. The average molecular weight is 367 g/mol. The van der Waals surface area contributed by atoms with Crippen LogP contribution >= 0.6 is 11.8 Å². The van der Waals surface area contributed by atoms with Gasteiger partial charge in [0.15, 0.2) is 16.7 Å². The summed E-state index contributed by atoms with van der Waals surface area (Å²) in [5, 5.41) is 9.70. The predicted molar refractivity (Wildman–Crippen MR) is 98.7 cm³/mol. The Kier molecular flexibility index (Phi) is 5.05. The fourth-order valence-corrected chi connectivity index (χ4v) is 2.91. The van der Waals surface area contributed by atoms with E-state index in [9.17, 15) is 14.4 Å². The third-order valence-electron chi connectivity index (χ3n) is 3.85. The van der Waals surface area contributed by atoms with Gasteiger partial charge in [0.2, 0.25) is 0 Å². The van der Waals surface area contributed by atoms with E-state index in [1.807, 2.05) is 6.07 Å². The molecule has 5 nitrogen and oxygen atoms in total.